The number of fused-ring (bicyclic) bond motifs is 1. The van der Waals surface area contributed by atoms with E-state index < -0.39 is 17.5 Å². The topological polar surface area (TPSA) is 68.0 Å². The van der Waals surface area contributed by atoms with Crippen LogP contribution in [0, 0.1) is 11.6 Å². The Kier molecular flexibility index (Phi) is 5.12. The molecule has 0 unspecified atom stereocenters. The first-order valence-electron chi connectivity index (χ1n) is 8.24. The lowest BCUT2D eigenvalue weighted by molar-refractivity contribution is 0.103. The Morgan fingerprint density at radius 2 is 1.86 bits per heavy atom. The van der Waals surface area contributed by atoms with Crippen LogP contribution in [0.4, 0.5) is 20.2 Å². The third-order valence-corrected chi connectivity index (χ3v) is 5.86. The molecular formula is C20H11Cl2F2N3OS. The van der Waals surface area contributed by atoms with Gasteiger partial charge in [0, 0.05) is 22.0 Å². The summed E-state index contributed by atoms with van der Waals surface area (Å²) >= 11 is 13.3. The minimum atomic E-state index is -0.754. The number of nitrogen functional groups attached to an aromatic ring is 1. The van der Waals surface area contributed by atoms with E-state index >= 15 is 0 Å². The fourth-order valence-electron chi connectivity index (χ4n) is 2.78. The van der Waals surface area contributed by atoms with Gasteiger partial charge in [-0.3, -0.25) is 4.79 Å². The molecule has 4 rings (SSSR count). The maximum absolute atomic E-state index is 13.8. The molecule has 146 valence electrons. The third kappa shape index (κ3) is 3.76. The number of hydrogen-bond donors (Lipinski definition) is 2. The summed E-state index contributed by atoms with van der Waals surface area (Å²) in [7, 11) is 0. The summed E-state index contributed by atoms with van der Waals surface area (Å²) in [6, 6.07) is 11.3. The Hall–Kier alpha value is -2.74. The van der Waals surface area contributed by atoms with Crippen molar-refractivity contribution in [3.05, 3.63) is 75.1 Å². The SMILES string of the molecule is Nc1c(C(=O)Nc2cc(F)ccc2F)sc2nc(-c3cc(Cl)ccc3Cl)ccc12. The smallest absolute Gasteiger partial charge is 0.268 e. The van der Waals surface area contributed by atoms with E-state index in [9.17, 15) is 13.6 Å². The van der Waals surface area contributed by atoms with Crippen molar-refractivity contribution in [3.8, 4) is 11.3 Å². The second-order valence-electron chi connectivity index (χ2n) is 6.10. The van der Waals surface area contributed by atoms with Gasteiger partial charge in [-0.25, -0.2) is 13.8 Å². The monoisotopic (exact) mass is 449 g/mol. The summed E-state index contributed by atoms with van der Waals surface area (Å²) in [6.45, 7) is 0. The summed E-state index contributed by atoms with van der Waals surface area (Å²) in [6.07, 6.45) is 0. The Morgan fingerprint density at radius 3 is 2.66 bits per heavy atom. The number of nitrogens with two attached hydrogens (primary N) is 1. The van der Waals surface area contributed by atoms with Gasteiger partial charge in [0.15, 0.2) is 0 Å². The van der Waals surface area contributed by atoms with Crippen molar-refractivity contribution in [1.29, 1.82) is 0 Å². The molecule has 0 fully saturated rings. The highest BCUT2D eigenvalue weighted by Gasteiger charge is 2.19. The van der Waals surface area contributed by atoms with Crippen LogP contribution in [0.3, 0.4) is 0 Å². The van der Waals surface area contributed by atoms with Crippen LogP contribution in [0.15, 0.2) is 48.5 Å². The molecule has 3 N–H and O–H groups in total. The number of rotatable bonds is 3. The number of pyridine rings is 1. The predicted molar refractivity (Wildman–Crippen MR) is 114 cm³/mol. The van der Waals surface area contributed by atoms with Crippen molar-refractivity contribution in [3.63, 3.8) is 0 Å². The van der Waals surface area contributed by atoms with Gasteiger partial charge in [0.05, 0.1) is 22.1 Å². The zero-order valence-electron chi connectivity index (χ0n) is 14.5. The van der Waals surface area contributed by atoms with Crippen molar-refractivity contribution in [2.24, 2.45) is 0 Å². The number of halogens is 4. The Bertz CT molecular complexity index is 1280. The van der Waals surface area contributed by atoms with Crippen molar-refractivity contribution < 1.29 is 13.6 Å². The first kappa shape index (κ1) is 19.6. The molecule has 0 spiro atoms. The van der Waals surface area contributed by atoms with Gasteiger partial charge in [-0.2, -0.15) is 0 Å². The minimum Gasteiger partial charge on any atom is -0.397 e. The van der Waals surface area contributed by atoms with E-state index in [1.165, 1.54) is 0 Å². The van der Waals surface area contributed by atoms with Crippen LogP contribution in [0.25, 0.3) is 21.5 Å². The van der Waals surface area contributed by atoms with Crippen LogP contribution in [0.2, 0.25) is 10.0 Å². The van der Waals surface area contributed by atoms with Crippen LogP contribution in [-0.4, -0.2) is 10.9 Å². The number of nitrogens with one attached hydrogen (secondary N) is 1. The van der Waals surface area contributed by atoms with Crippen molar-refractivity contribution in [2.75, 3.05) is 11.1 Å². The van der Waals surface area contributed by atoms with E-state index in [1.807, 2.05) is 0 Å². The third-order valence-electron chi connectivity index (χ3n) is 4.18. The number of hydrogen-bond acceptors (Lipinski definition) is 4. The molecule has 0 aliphatic carbocycles. The van der Waals surface area contributed by atoms with Gasteiger partial charge >= 0.3 is 0 Å². The van der Waals surface area contributed by atoms with E-state index in [-0.39, 0.29) is 16.3 Å². The highest BCUT2D eigenvalue weighted by atomic mass is 35.5. The van der Waals surface area contributed by atoms with Gasteiger partial charge in [0.25, 0.3) is 5.91 Å². The lowest BCUT2D eigenvalue weighted by Crippen LogP contribution is -2.13. The van der Waals surface area contributed by atoms with Gasteiger partial charge in [-0.15, -0.1) is 11.3 Å². The number of carbonyl (C=O) groups is 1. The molecule has 0 radical (unpaired) electrons. The van der Waals surface area contributed by atoms with Gasteiger partial charge in [0.1, 0.15) is 21.3 Å². The average Bonchev–Trinajstić information content (AvgIpc) is 3.02. The number of anilines is 2. The van der Waals surface area contributed by atoms with Gasteiger partial charge < -0.3 is 11.1 Å². The molecule has 0 saturated heterocycles. The summed E-state index contributed by atoms with van der Waals surface area (Å²) in [4.78, 5) is 17.8. The van der Waals surface area contributed by atoms with E-state index in [4.69, 9.17) is 28.9 Å². The summed E-state index contributed by atoms with van der Waals surface area (Å²) in [5.74, 6) is -2.08. The predicted octanol–water partition coefficient (Wildman–Crippen LogP) is 6.38. The number of thiophene rings is 1. The van der Waals surface area contributed by atoms with Crippen LogP contribution >= 0.6 is 34.5 Å². The van der Waals surface area contributed by atoms with E-state index in [2.05, 4.69) is 10.3 Å². The number of aromatic nitrogens is 1. The summed E-state index contributed by atoms with van der Waals surface area (Å²) < 4.78 is 27.2. The second-order valence-corrected chi connectivity index (χ2v) is 7.94. The zero-order valence-corrected chi connectivity index (χ0v) is 16.8. The molecule has 0 aliphatic rings. The maximum atomic E-state index is 13.8. The molecule has 9 heteroatoms. The molecule has 4 nitrogen and oxygen atoms in total. The number of benzene rings is 2. The van der Waals surface area contributed by atoms with E-state index in [0.29, 0.717) is 31.5 Å². The molecule has 2 heterocycles. The first-order chi connectivity index (χ1) is 13.8. The van der Waals surface area contributed by atoms with Gasteiger partial charge in [0.2, 0.25) is 0 Å². The molecular weight excluding hydrogens is 439 g/mol. The molecule has 0 atom stereocenters. The van der Waals surface area contributed by atoms with Gasteiger partial charge in [-0.1, -0.05) is 23.2 Å². The van der Waals surface area contributed by atoms with Crippen LogP contribution < -0.4 is 11.1 Å². The Labute approximate surface area is 177 Å². The number of carbonyl (C=O) groups excluding carboxylic acids is 1. The fourth-order valence-corrected chi connectivity index (χ4v) is 4.16. The largest absolute Gasteiger partial charge is 0.397 e. The average molecular weight is 450 g/mol. The fraction of sp³-hybridized carbons (Fsp3) is 0. The molecule has 29 heavy (non-hydrogen) atoms. The standard InChI is InChI=1S/C20H11Cl2F2N3OS/c21-9-1-4-13(22)12(7-9)15-6-3-11-17(25)18(29-20(11)27-15)19(28)26-16-8-10(23)2-5-14(16)24/h1-8H,25H2,(H,26,28). The van der Waals surface area contributed by atoms with Crippen molar-refractivity contribution in [1.82, 2.24) is 4.98 Å². The molecule has 0 bridgehead atoms. The lowest BCUT2D eigenvalue weighted by Gasteiger charge is -2.05. The maximum Gasteiger partial charge on any atom is 0.268 e. The molecule has 2 aromatic carbocycles. The van der Waals surface area contributed by atoms with Gasteiger partial charge in [-0.05, 0) is 42.5 Å². The van der Waals surface area contributed by atoms with Crippen LogP contribution in [0.5, 0.6) is 0 Å². The van der Waals surface area contributed by atoms with Crippen LogP contribution in [0.1, 0.15) is 9.67 Å². The zero-order chi connectivity index (χ0) is 20.7. The first-order valence-corrected chi connectivity index (χ1v) is 9.81. The van der Waals surface area contributed by atoms with Crippen molar-refractivity contribution >= 4 is 62.0 Å². The second kappa shape index (κ2) is 7.59. The Balaban J connectivity index is 1.73. The molecule has 0 saturated carbocycles. The normalized spacial score (nSPS) is 11.0. The highest BCUT2D eigenvalue weighted by molar-refractivity contribution is 7.21. The highest BCUT2D eigenvalue weighted by Crippen LogP contribution is 2.36. The summed E-state index contributed by atoms with van der Waals surface area (Å²) in [5.41, 5.74) is 7.23. The number of amides is 1. The molecule has 4 aromatic rings. The minimum absolute atomic E-state index is 0.144. The molecule has 2 aromatic heterocycles. The molecule has 0 aliphatic heterocycles. The number of nitrogens with zero attached hydrogens (tertiary/aromatic N) is 1. The molecule has 1 amide bonds. The van der Waals surface area contributed by atoms with E-state index in [1.54, 1.807) is 30.3 Å². The lowest BCUT2D eigenvalue weighted by atomic mass is 10.1. The summed E-state index contributed by atoms with van der Waals surface area (Å²) in [5, 5.41) is 3.90. The Morgan fingerprint density at radius 1 is 1.07 bits per heavy atom. The van der Waals surface area contributed by atoms with Crippen molar-refractivity contribution in [2.45, 2.75) is 0 Å². The van der Waals surface area contributed by atoms with E-state index in [0.717, 1.165) is 29.5 Å². The van der Waals surface area contributed by atoms with Crippen LogP contribution in [-0.2, 0) is 0 Å². The quantitative estimate of drug-likeness (QED) is 0.381.